The standard InChI is InChI=1S/C20H28N4/c1-3-17-10-12-19(13-11-17)23-20(21)22-14-7-15-24(2)16-18-8-5-4-6-9-18/h4-6,8-13H,3,7,14-16H2,1-2H3,(H3,21,22,23). The summed E-state index contributed by atoms with van der Waals surface area (Å²) in [5.41, 5.74) is 9.57. The van der Waals surface area contributed by atoms with Crippen LogP contribution in [0.3, 0.4) is 0 Å². The van der Waals surface area contributed by atoms with Crippen LogP contribution in [0.2, 0.25) is 0 Å². The largest absolute Gasteiger partial charge is 0.370 e. The molecule has 0 spiro atoms. The second-order valence-electron chi connectivity index (χ2n) is 6.02. The molecule has 2 rings (SSSR count). The van der Waals surface area contributed by atoms with E-state index >= 15 is 0 Å². The molecular formula is C20H28N4. The van der Waals surface area contributed by atoms with Gasteiger partial charge in [-0.25, -0.2) is 0 Å². The van der Waals surface area contributed by atoms with E-state index in [9.17, 15) is 0 Å². The van der Waals surface area contributed by atoms with Crippen LogP contribution in [-0.4, -0.2) is 31.0 Å². The van der Waals surface area contributed by atoms with Gasteiger partial charge in [0.1, 0.15) is 0 Å². The fourth-order valence-corrected chi connectivity index (χ4v) is 2.53. The van der Waals surface area contributed by atoms with Gasteiger partial charge in [-0.3, -0.25) is 4.99 Å². The van der Waals surface area contributed by atoms with E-state index in [1.54, 1.807) is 0 Å². The normalized spacial score (nSPS) is 11.7. The van der Waals surface area contributed by atoms with Gasteiger partial charge in [0.2, 0.25) is 0 Å². The average Bonchev–Trinajstić information content (AvgIpc) is 2.60. The molecule has 0 atom stereocenters. The highest BCUT2D eigenvalue weighted by molar-refractivity contribution is 5.92. The van der Waals surface area contributed by atoms with Crippen molar-refractivity contribution in [2.75, 3.05) is 25.5 Å². The first-order valence-corrected chi connectivity index (χ1v) is 8.55. The van der Waals surface area contributed by atoms with Crippen molar-refractivity contribution < 1.29 is 0 Å². The van der Waals surface area contributed by atoms with Crippen LogP contribution in [-0.2, 0) is 13.0 Å². The lowest BCUT2D eigenvalue weighted by Crippen LogP contribution is -2.24. The van der Waals surface area contributed by atoms with Crippen molar-refractivity contribution in [3.63, 3.8) is 0 Å². The van der Waals surface area contributed by atoms with Gasteiger partial charge in [0.25, 0.3) is 0 Å². The Morgan fingerprint density at radius 1 is 1.04 bits per heavy atom. The molecule has 4 heteroatoms. The topological polar surface area (TPSA) is 53.6 Å². The number of anilines is 1. The molecule has 0 bridgehead atoms. The third-order valence-electron chi connectivity index (χ3n) is 3.91. The zero-order chi connectivity index (χ0) is 17.2. The maximum Gasteiger partial charge on any atom is 0.193 e. The van der Waals surface area contributed by atoms with Crippen molar-refractivity contribution in [2.45, 2.75) is 26.3 Å². The maximum absolute atomic E-state index is 5.94. The van der Waals surface area contributed by atoms with Crippen LogP contribution in [0.25, 0.3) is 0 Å². The first-order valence-electron chi connectivity index (χ1n) is 8.55. The Morgan fingerprint density at radius 3 is 2.42 bits per heavy atom. The van der Waals surface area contributed by atoms with Gasteiger partial charge < -0.3 is 16.0 Å². The number of aliphatic imine (C=N–C) groups is 1. The minimum atomic E-state index is 0.477. The van der Waals surface area contributed by atoms with E-state index < -0.39 is 0 Å². The molecule has 0 heterocycles. The molecule has 0 fully saturated rings. The van der Waals surface area contributed by atoms with Crippen LogP contribution in [0.1, 0.15) is 24.5 Å². The monoisotopic (exact) mass is 324 g/mol. The highest BCUT2D eigenvalue weighted by Gasteiger charge is 2.00. The van der Waals surface area contributed by atoms with Gasteiger partial charge in [0, 0.05) is 18.8 Å². The highest BCUT2D eigenvalue weighted by Crippen LogP contribution is 2.09. The van der Waals surface area contributed by atoms with Crippen LogP contribution < -0.4 is 11.1 Å². The fraction of sp³-hybridized carbons (Fsp3) is 0.350. The minimum absolute atomic E-state index is 0.477. The first kappa shape index (κ1) is 18.0. The van der Waals surface area contributed by atoms with Crippen LogP contribution in [0.4, 0.5) is 5.69 Å². The van der Waals surface area contributed by atoms with Gasteiger partial charge in [-0.2, -0.15) is 0 Å². The molecule has 24 heavy (non-hydrogen) atoms. The molecule has 0 aliphatic heterocycles. The minimum Gasteiger partial charge on any atom is -0.370 e. The maximum atomic E-state index is 5.94. The predicted octanol–water partition coefficient (Wildman–Crippen LogP) is 3.50. The Balaban J connectivity index is 1.68. The second-order valence-corrected chi connectivity index (χ2v) is 6.02. The number of hydrogen-bond donors (Lipinski definition) is 2. The number of nitrogens with two attached hydrogens (primary N) is 1. The van der Waals surface area contributed by atoms with Crippen molar-refractivity contribution in [3.05, 3.63) is 65.7 Å². The SMILES string of the molecule is CCc1ccc(NC(N)=NCCCN(C)Cc2ccccc2)cc1. The molecule has 0 saturated heterocycles. The molecule has 2 aromatic rings. The number of hydrogen-bond acceptors (Lipinski definition) is 2. The highest BCUT2D eigenvalue weighted by atomic mass is 15.1. The van der Waals surface area contributed by atoms with Gasteiger partial charge in [0.15, 0.2) is 5.96 Å². The van der Waals surface area contributed by atoms with Crippen LogP contribution in [0.15, 0.2) is 59.6 Å². The Kier molecular flexibility index (Phi) is 7.30. The van der Waals surface area contributed by atoms with Crippen LogP contribution >= 0.6 is 0 Å². The third kappa shape index (κ3) is 6.42. The summed E-state index contributed by atoms with van der Waals surface area (Å²) in [6, 6.07) is 18.8. The van der Waals surface area contributed by atoms with Crippen molar-refractivity contribution in [1.82, 2.24) is 4.90 Å². The van der Waals surface area contributed by atoms with E-state index in [1.807, 2.05) is 18.2 Å². The molecule has 0 aromatic heterocycles. The lowest BCUT2D eigenvalue weighted by Gasteiger charge is -2.16. The van der Waals surface area contributed by atoms with Crippen molar-refractivity contribution in [3.8, 4) is 0 Å². The number of nitrogens with one attached hydrogen (secondary N) is 1. The Bertz CT molecular complexity index is 620. The summed E-state index contributed by atoms with van der Waals surface area (Å²) in [5, 5.41) is 3.14. The summed E-state index contributed by atoms with van der Waals surface area (Å²) >= 11 is 0. The predicted molar refractivity (Wildman–Crippen MR) is 103 cm³/mol. The molecular weight excluding hydrogens is 296 g/mol. The van der Waals surface area contributed by atoms with Gasteiger partial charge in [-0.15, -0.1) is 0 Å². The molecule has 0 aliphatic rings. The Morgan fingerprint density at radius 2 is 1.75 bits per heavy atom. The van der Waals surface area contributed by atoms with E-state index in [0.29, 0.717) is 5.96 Å². The molecule has 2 aromatic carbocycles. The Labute approximate surface area is 145 Å². The van der Waals surface area contributed by atoms with E-state index in [2.05, 4.69) is 65.6 Å². The van der Waals surface area contributed by atoms with E-state index in [1.165, 1.54) is 11.1 Å². The van der Waals surface area contributed by atoms with Crippen molar-refractivity contribution in [1.29, 1.82) is 0 Å². The van der Waals surface area contributed by atoms with Gasteiger partial charge in [-0.05, 0) is 49.7 Å². The average molecular weight is 324 g/mol. The fourth-order valence-electron chi connectivity index (χ4n) is 2.53. The molecule has 4 nitrogen and oxygen atoms in total. The summed E-state index contributed by atoms with van der Waals surface area (Å²) in [6.45, 7) is 4.83. The number of nitrogens with zero attached hydrogens (tertiary/aromatic N) is 2. The van der Waals surface area contributed by atoms with E-state index in [0.717, 1.165) is 38.2 Å². The van der Waals surface area contributed by atoms with Crippen molar-refractivity contribution in [2.24, 2.45) is 10.7 Å². The summed E-state index contributed by atoms with van der Waals surface area (Å²) in [6.07, 6.45) is 2.03. The van der Waals surface area contributed by atoms with Crippen molar-refractivity contribution >= 4 is 11.6 Å². The summed E-state index contributed by atoms with van der Waals surface area (Å²) in [7, 11) is 2.13. The summed E-state index contributed by atoms with van der Waals surface area (Å²) in [4.78, 5) is 6.70. The summed E-state index contributed by atoms with van der Waals surface area (Å²) < 4.78 is 0. The molecule has 128 valence electrons. The lowest BCUT2D eigenvalue weighted by molar-refractivity contribution is 0.324. The number of guanidine groups is 1. The molecule has 0 amide bonds. The van der Waals surface area contributed by atoms with Gasteiger partial charge >= 0.3 is 0 Å². The van der Waals surface area contributed by atoms with E-state index in [4.69, 9.17) is 5.73 Å². The van der Waals surface area contributed by atoms with Gasteiger partial charge in [0.05, 0.1) is 0 Å². The third-order valence-corrected chi connectivity index (χ3v) is 3.91. The zero-order valence-corrected chi connectivity index (χ0v) is 14.7. The molecule has 0 aliphatic carbocycles. The van der Waals surface area contributed by atoms with Gasteiger partial charge in [-0.1, -0.05) is 49.4 Å². The number of benzene rings is 2. The lowest BCUT2D eigenvalue weighted by atomic mass is 10.1. The Hall–Kier alpha value is -2.33. The molecule has 0 saturated carbocycles. The quantitative estimate of drug-likeness (QED) is 0.444. The van der Waals surface area contributed by atoms with E-state index in [-0.39, 0.29) is 0 Å². The first-order chi connectivity index (χ1) is 11.7. The zero-order valence-electron chi connectivity index (χ0n) is 14.7. The molecule has 0 radical (unpaired) electrons. The molecule has 0 unspecified atom stereocenters. The number of aryl methyl sites for hydroxylation is 1. The number of rotatable bonds is 8. The van der Waals surface area contributed by atoms with Crippen LogP contribution in [0.5, 0.6) is 0 Å². The molecule has 3 N–H and O–H groups in total. The van der Waals surface area contributed by atoms with Crippen LogP contribution in [0, 0.1) is 0 Å². The smallest absolute Gasteiger partial charge is 0.193 e. The second kappa shape index (κ2) is 9.73. The summed E-state index contributed by atoms with van der Waals surface area (Å²) in [5.74, 6) is 0.477.